The molecular formula is C9H14ClNO4S. The third kappa shape index (κ3) is 1.25. The van der Waals surface area contributed by atoms with E-state index in [-0.39, 0.29) is 29.6 Å². The quantitative estimate of drug-likeness (QED) is 0.668. The molecule has 6 atom stereocenters. The summed E-state index contributed by atoms with van der Waals surface area (Å²) in [6.45, 7) is 1.73. The van der Waals surface area contributed by atoms with Crippen molar-refractivity contribution in [3.05, 3.63) is 0 Å². The Balaban J connectivity index is 1.94. The Labute approximate surface area is 99.7 Å². The lowest BCUT2D eigenvalue weighted by Crippen LogP contribution is -2.45. The number of hydrogen-bond donors (Lipinski definition) is 0. The molecule has 6 unspecified atom stereocenters. The minimum Gasteiger partial charge on any atom is -0.369 e. The molecule has 0 radical (unpaired) electrons. The van der Waals surface area contributed by atoms with Crippen molar-refractivity contribution >= 4 is 21.6 Å². The highest BCUT2D eigenvalue weighted by Gasteiger charge is 2.67. The Hall–Kier alpha value is 0.120. The highest BCUT2D eigenvalue weighted by molar-refractivity contribution is 7.90. The van der Waals surface area contributed by atoms with Crippen molar-refractivity contribution in [1.29, 1.82) is 0 Å². The Morgan fingerprint density at radius 2 is 2.25 bits per heavy atom. The Morgan fingerprint density at radius 3 is 2.88 bits per heavy atom. The lowest BCUT2D eigenvalue weighted by atomic mass is 9.92. The van der Waals surface area contributed by atoms with Crippen molar-refractivity contribution in [1.82, 2.24) is 4.31 Å². The van der Waals surface area contributed by atoms with Crippen LogP contribution in [0.2, 0.25) is 0 Å². The first-order valence-electron chi connectivity index (χ1n) is 5.35. The molecule has 3 fully saturated rings. The van der Waals surface area contributed by atoms with E-state index in [4.69, 9.17) is 21.1 Å². The molecular weight excluding hydrogens is 254 g/mol. The van der Waals surface area contributed by atoms with Gasteiger partial charge in [-0.15, -0.1) is 0 Å². The molecule has 0 N–H and O–H groups in total. The zero-order chi connectivity index (χ0) is 11.7. The molecule has 0 aromatic carbocycles. The zero-order valence-corrected chi connectivity index (χ0v) is 10.6. The van der Waals surface area contributed by atoms with Gasteiger partial charge < -0.3 is 9.47 Å². The fourth-order valence-electron chi connectivity index (χ4n) is 3.10. The average molecular weight is 268 g/mol. The van der Waals surface area contributed by atoms with Gasteiger partial charge in [0.2, 0.25) is 10.0 Å². The van der Waals surface area contributed by atoms with E-state index in [1.807, 2.05) is 0 Å². The minimum absolute atomic E-state index is 0.124. The van der Waals surface area contributed by atoms with Crippen molar-refractivity contribution in [3.8, 4) is 0 Å². The molecule has 3 rings (SSSR count). The third-order valence-corrected chi connectivity index (χ3v) is 6.13. The van der Waals surface area contributed by atoms with Gasteiger partial charge in [0.25, 0.3) is 0 Å². The van der Waals surface area contributed by atoms with Gasteiger partial charge in [-0.05, 0) is 13.3 Å². The SMILES string of the molecule is CC(Cl)OC1C2CC3C(O2)C1N(C)S3(=O)=O. The van der Waals surface area contributed by atoms with Crippen LogP contribution in [0.15, 0.2) is 0 Å². The average Bonchev–Trinajstić information content (AvgIpc) is 2.75. The van der Waals surface area contributed by atoms with E-state index in [0.717, 1.165) is 0 Å². The van der Waals surface area contributed by atoms with E-state index in [0.29, 0.717) is 6.42 Å². The normalized spacial score (nSPS) is 51.1. The first-order valence-corrected chi connectivity index (χ1v) is 7.28. The van der Waals surface area contributed by atoms with Crippen LogP contribution in [-0.4, -0.2) is 54.9 Å². The monoisotopic (exact) mass is 267 g/mol. The van der Waals surface area contributed by atoms with Crippen molar-refractivity contribution in [2.75, 3.05) is 7.05 Å². The van der Waals surface area contributed by atoms with Crippen molar-refractivity contribution in [3.63, 3.8) is 0 Å². The van der Waals surface area contributed by atoms with Gasteiger partial charge in [-0.1, -0.05) is 11.6 Å². The summed E-state index contributed by atoms with van der Waals surface area (Å²) < 4.78 is 36.6. The summed E-state index contributed by atoms with van der Waals surface area (Å²) >= 11 is 5.80. The molecule has 16 heavy (non-hydrogen) atoms. The van der Waals surface area contributed by atoms with Crippen LogP contribution in [0.4, 0.5) is 0 Å². The summed E-state index contributed by atoms with van der Waals surface area (Å²) in [6.07, 6.45) is -0.0559. The maximum atomic E-state index is 12.0. The van der Waals surface area contributed by atoms with E-state index >= 15 is 0 Å². The second-order valence-electron chi connectivity index (χ2n) is 4.61. The van der Waals surface area contributed by atoms with Gasteiger partial charge in [-0.25, -0.2) is 8.42 Å². The number of alkyl halides is 1. The van der Waals surface area contributed by atoms with Crippen molar-refractivity contribution in [2.24, 2.45) is 0 Å². The molecule has 0 aromatic heterocycles. The fraction of sp³-hybridized carbons (Fsp3) is 1.00. The first kappa shape index (κ1) is 11.2. The van der Waals surface area contributed by atoms with E-state index in [1.54, 1.807) is 14.0 Å². The highest BCUT2D eigenvalue weighted by Crippen LogP contribution is 2.48. The molecule has 0 aliphatic carbocycles. The molecule has 3 aliphatic heterocycles. The minimum atomic E-state index is -3.19. The van der Waals surface area contributed by atoms with Crippen LogP contribution >= 0.6 is 11.6 Å². The van der Waals surface area contributed by atoms with Gasteiger partial charge in [-0.3, -0.25) is 0 Å². The second-order valence-corrected chi connectivity index (χ2v) is 7.43. The first-order chi connectivity index (χ1) is 7.43. The topological polar surface area (TPSA) is 55.8 Å². The zero-order valence-electron chi connectivity index (χ0n) is 9.04. The number of nitrogens with zero attached hydrogens (tertiary/aromatic N) is 1. The van der Waals surface area contributed by atoms with Crippen LogP contribution in [0, 0.1) is 0 Å². The molecule has 0 spiro atoms. The second kappa shape index (κ2) is 3.32. The summed E-state index contributed by atoms with van der Waals surface area (Å²) in [5.74, 6) is 0. The summed E-state index contributed by atoms with van der Waals surface area (Å²) in [6, 6.07) is -0.199. The number of hydrogen-bond acceptors (Lipinski definition) is 4. The smallest absolute Gasteiger partial charge is 0.219 e. The Bertz CT molecular complexity index is 412. The van der Waals surface area contributed by atoms with Gasteiger partial charge in [0.05, 0.1) is 18.2 Å². The standard InChI is InChI=1S/C9H14ClNO4S/c1-4(10)14-8-5-3-6-9(15-5)7(8)11(2)16(6,12)13/h4-9H,3H2,1-2H3. The number of rotatable bonds is 2. The van der Waals surface area contributed by atoms with Crippen LogP contribution in [0.5, 0.6) is 0 Å². The van der Waals surface area contributed by atoms with Crippen LogP contribution < -0.4 is 0 Å². The molecule has 3 heterocycles. The van der Waals surface area contributed by atoms with Crippen LogP contribution in [0.1, 0.15) is 13.3 Å². The van der Waals surface area contributed by atoms with Crippen LogP contribution in [-0.2, 0) is 19.5 Å². The van der Waals surface area contributed by atoms with Crippen LogP contribution in [0.3, 0.4) is 0 Å². The predicted molar refractivity (Wildman–Crippen MR) is 57.7 cm³/mol. The number of halogens is 1. The van der Waals surface area contributed by atoms with Crippen molar-refractivity contribution < 1.29 is 17.9 Å². The van der Waals surface area contributed by atoms with E-state index < -0.39 is 15.6 Å². The lowest BCUT2D eigenvalue weighted by Gasteiger charge is -2.26. The molecule has 0 saturated carbocycles. The highest BCUT2D eigenvalue weighted by atomic mass is 35.5. The molecule has 0 aromatic rings. The van der Waals surface area contributed by atoms with Gasteiger partial charge in [-0.2, -0.15) is 4.31 Å². The number of fused-ring (bicyclic) bond motifs is 1. The largest absolute Gasteiger partial charge is 0.369 e. The van der Waals surface area contributed by atoms with E-state index in [9.17, 15) is 8.42 Å². The van der Waals surface area contributed by atoms with Crippen LogP contribution in [0.25, 0.3) is 0 Å². The third-order valence-electron chi connectivity index (χ3n) is 3.75. The Morgan fingerprint density at radius 1 is 1.56 bits per heavy atom. The maximum Gasteiger partial charge on any atom is 0.219 e. The Kier molecular flexibility index (Phi) is 2.33. The number of ether oxygens (including phenoxy) is 2. The molecule has 7 heteroatoms. The molecule has 2 bridgehead atoms. The summed E-state index contributed by atoms with van der Waals surface area (Å²) in [7, 11) is -1.60. The van der Waals surface area contributed by atoms with Crippen molar-refractivity contribution in [2.45, 2.75) is 48.5 Å². The lowest BCUT2D eigenvalue weighted by molar-refractivity contribution is -0.0210. The molecule has 0 amide bonds. The predicted octanol–water partition coefficient (Wildman–Crippen LogP) is 0.140. The fourth-order valence-corrected chi connectivity index (χ4v) is 5.22. The summed E-state index contributed by atoms with van der Waals surface area (Å²) in [5.41, 5.74) is -0.428. The summed E-state index contributed by atoms with van der Waals surface area (Å²) in [4.78, 5) is 0. The molecule has 3 aliphatic rings. The van der Waals surface area contributed by atoms with Gasteiger partial charge in [0.1, 0.15) is 16.9 Å². The molecule has 92 valence electrons. The number of likely N-dealkylation sites (N-methyl/N-ethyl adjacent to an activating group) is 1. The maximum absolute atomic E-state index is 12.0. The van der Waals surface area contributed by atoms with E-state index in [1.165, 1.54) is 4.31 Å². The van der Waals surface area contributed by atoms with Gasteiger partial charge in [0, 0.05) is 7.05 Å². The number of sulfonamides is 1. The summed E-state index contributed by atoms with van der Waals surface area (Å²) in [5, 5.41) is -0.377. The molecule has 5 nitrogen and oxygen atoms in total. The molecule has 3 saturated heterocycles. The van der Waals surface area contributed by atoms with Gasteiger partial charge >= 0.3 is 0 Å². The van der Waals surface area contributed by atoms with Gasteiger partial charge in [0.15, 0.2) is 0 Å². The van der Waals surface area contributed by atoms with E-state index in [2.05, 4.69) is 0 Å².